The average molecular weight is 334 g/mol. The highest BCUT2D eigenvalue weighted by Crippen LogP contribution is 2.28. The minimum absolute atomic E-state index is 0.0531. The van der Waals surface area contributed by atoms with E-state index in [1.807, 2.05) is 0 Å². The number of β-amino-alcohol motifs (C(OH)–C–C–N with tert-alkyl or cyclic N) is 1. The highest BCUT2D eigenvalue weighted by atomic mass is 19.1. The predicted molar refractivity (Wildman–Crippen MR) is 84.8 cm³/mol. The molecule has 0 radical (unpaired) electrons. The van der Waals surface area contributed by atoms with Crippen LogP contribution in [0.2, 0.25) is 0 Å². The summed E-state index contributed by atoms with van der Waals surface area (Å²) in [6.45, 7) is -0.373. The summed E-state index contributed by atoms with van der Waals surface area (Å²) in [4.78, 5) is 24.6. The van der Waals surface area contributed by atoms with Gasteiger partial charge >= 0.3 is 0 Å². The number of nitrogens with zero attached hydrogens (tertiary/aromatic N) is 1. The van der Waals surface area contributed by atoms with E-state index in [1.54, 1.807) is 6.07 Å². The number of rotatable bonds is 6. The van der Waals surface area contributed by atoms with Crippen LogP contribution >= 0.6 is 0 Å². The summed E-state index contributed by atoms with van der Waals surface area (Å²) < 4.78 is 19.8. The fourth-order valence-corrected chi connectivity index (χ4v) is 2.93. The zero-order chi connectivity index (χ0) is 17.1. The molecular weight excluding hydrogens is 315 g/mol. The van der Waals surface area contributed by atoms with Crippen molar-refractivity contribution in [2.75, 3.05) is 18.5 Å². The third kappa shape index (κ3) is 3.41. The van der Waals surface area contributed by atoms with Crippen molar-refractivity contribution < 1.29 is 23.8 Å². The predicted octanol–water partition coefficient (Wildman–Crippen LogP) is 1.80. The lowest BCUT2D eigenvalue weighted by atomic mass is 10.2. The number of carbonyl (C=O) groups is 2. The molecule has 24 heavy (non-hydrogen) atoms. The molecule has 0 aromatic heterocycles. The number of halogens is 1. The highest BCUT2D eigenvalue weighted by molar-refractivity contribution is 6.17. The van der Waals surface area contributed by atoms with E-state index in [0.29, 0.717) is 5.69 Å². The minimum Gasteiger partial charge on any atom is -0.487 e. The van der Waals surface area contributed by atoms with Gasteiger partial charge in [-0.05, 0) is 37.8 Å². The first kappa shape index (κ1) is 16.4. The Bertz CT molecular complexity index is 683. The van der Waals surface area contributed by atoms with Crippen LogP contribution in [0.25, 0.3) is 0 Å². The van der Waals surface area contributed by atoms with Gasteiger partial charge in [-0.25, -0.2) is 4.39 Å². The normalized spacial score (nSPS) is 18.2. The number of anilines is 1. The van der Waals surface area contributed by atoms with Crippen molar-refractivity contribution in [2.45, 2.75) is 31.8 Å². The van der Waals surface area contributed by atoms with Gasteiger partial charge in [0.15, 0.2) is 11.6 Å². The summed E-state index contributed by atoms with van der Waals surface area (Å²) in [5.41, 5.74) is 0.404. The van der Waals surface area contributed by atoms with E-state index < -0.39 is 17.6 Å². The van der Waals surface area contributed by atoms with Gasteiger partial charge in [-0.1, -0.05) is 0 Å². The van der Waals surface area contributed by atoms with Crippen LogP contribution < -0.4 is 10.1 Å². The molecule has 2 amide bonds. The molecule has 2 aliphatic rings. The fourth-order valence-electron chi connectivity index (χ4n) is 2.93. The Labute approximate surface area is 138 Å². The number of aliphatic hydroxyl groups excluding tert-OH is 1. The van der Waals surface area contributed by atoms with Crippen LogP contribution in [0.15, 0.2) is 30.0 Å². The molecule has 1 saturated carbocycles. The number of hydrogen-bond donors (Lipinski definition) is 2. The Hall–Kier alpha value is -2.41. The van der Waals surface area contributed by atoms with Crippen LogP contribution in [0.4, 0.5) is 10.1 Å². The maximum Gasteiger partial charge on any atom is 0.277 e. The van der Waals surface area contributed by atoms with E-state index in [1.165, 1.54) is 12.1 Å². The third-order valence-electron chi connectivity index (χ3n) is 4.14. The lowest BCUT2D eigenvalue weighted by Gasteiger charge is -2.15. The Balaban J connectivity index is 1.67. The number of hydrogen-bond acceptors (Lipinski definition) is 5. The van der Waals surface area contributed by atoms with Gasteiger partial charge in [0.25, 0.3) is 11.8 Å². The van der Waals surface area contributed by atoms with E-state index in [4.69, 9.17) is 9.84 Å². The number of aliphatic hydroxyl groups is 1. The molecule has 0 unspecified atom stereocenters. The second kappa shape index (κ2) is 7.00. The van der Waals surface area contributed by atoms with Crippen molar-refractivity contribution in [3.63, 3.8) is 0 Å². The Morgan fingerprint density at radius 1 is 1.29 bits per heavy atom. The van der Waals surface area contributed by atoms with Crippen molar-refractivity contribution in [3.05, 3.63) is 35.8 Å². The van der Waals surface area contributed by atoms with Crippen LogP contribution in [-0.4, -0.2) is 41.1 Å². The Morgan fingerprint density at radius 2 is 2.04 bits per heavy atom. The van der Waals surface area contributed by atoms with E-state index in [-0.39, 0.29) is 30.7 Å². The summed E-state index contributed by atoms with van der Waals surface area (Å²) in [6.07, 6.45) is 5.26. The van der Waals surface area contributed by atoms with Gasteiger partial charge in [-0.15, -0.1) is 0 Å². The first-order chi connectivity index (χ1) is 11.6. The summed E-state index contributed by atoms with van der Waals surface area (Å²) in [5, 5.41) is 11.6. The zero-order valence-electron chi connectivity index (χ0n) is 13.1. The summed E-state index contributed by atoms with van der Waals surface area (Å²) in [5.74, 6) is -1.37. The molecule has 1 aliphatic carbocycles. The molecule has 1 heterocycles. The van der Waals surface area contributed by atoms with E-state index >= 15 is 0 Å². The quantitative estimate of drug-likeness (QED) is 0.776. The molecule has 0 spiro atoms. The van der Waals surface area contributed by atoms with E-state index in [0.717, 1.165) is 36.7 Å². The maximum absolute atomic E-state index is 14.2. The molecule has 3 rings (SSSR count). The summed E-state index contributed by atoms with van der Waals surface area (Å²) in [7, 11) is 0. The van der Waals surface area contributed by atoms with E-state index in [2.05, 4.69) is 5.32 Å². The Kier molecular flexibility index (Phi) is 4.80. The second-order valence-electron chi connectivity index (χ2n) is 5.87. The molecule has 1 aromatic rings. The van der Waals surface area contributed by atoms with Crippen LogP contribution in [0, 0.1) is 5.82 Å². The molecule has 128 valence electrons. The third-order valence-corrected chi connectivity index (χ3v) is 4.14. The average Bonchev–Trinajstić information content (AvgIpc) is 3.14. The number of imide groups is 1. The molecule has 6 nitrogen and oxygen atoms in total. The molecular formula is C17H19FN2O4. The topological polar surface area (TPSA) is 78.9 Å². The lowest BCUT2D eigenvalue weighted by molar-refractivity contribution is -0.137. The van der Waals surface area contributed by atoms with Crippen LogP contribution in [0.5, 0.6) is 5.75 Å². The Morgan fingerprint density at radius 3 is 2.71 bits per heavy atom. The fraction of sp³-hybridized carbons (Fsp3) is 0.412. The van der Waals surface area contributed by atoms with Crippen LogP contribution in [0.3, 0.4) is 0 Å². The van der Waals surface area contributed by atoms with Gasteiger partial charge in [-0.2, -0.15) is 0 Å². The SMILES string of the molecule is O=C1C=C(Nc2ccc(OC3CCCC3)c(F)c2)C(=O)N1CCO. The number of benzene rings is 1. The molecule has 0 atom stereocenters. The van der Waals surface area contributed by atoms with Crippen LogP contribution in [0.1, 0.15) is 25.7 Å². The monoisotopic (exact) mass is 334 g/mol. The standard InChI is InChI=1S/C17H19FN2O4/c18-13-9-11(5-6-15(13)24-12-3-1-2-4-12)19-14-10-16(22)20(7-8-21)17(14)23/h5-6,9-10,12,19,21H,1-4,7-8H2. The van der Waals surface area contributed by atoms with Gasteiger partial charge in [0, 0.05) is 17.8 Å². The molecule has 1 aromatic carbocycles. The molecule has 0 saturated heterocycles. The zero-order valence-corrected chi connectivity index (χ0v) is 13.1. The van der Waals surface area contributed by atoms with Crippen molar-refractivity contribution in [1.29, 1.82) is 0 Å². The molecule has 2 N–H and O–H groups in total. The molecule has 0 bridgehead atoms. The number of carbonyl (C=O) groups excluding carboxylic acids is 2. The van der Waals surface area contributed by atoms with Gasteiger partial charge in [0.05, 0.1) is 19.3 Å². The van der Waals surface area contributed by atoms with Crippen LogP contribution in [-0.2, 0) is 9.59 Å². The van der Waals surface area contributed by atoms with Crippen molar-refractivity contribution >= 4 is 17.5 Å². The second-order valence-corrected chi connectivity index (χ2v) is 5.87. The maximum atomic E-state index is 14.2. The molecule has 7 heteroatoms. The van der Waals surface area contributed by atoms with Gasteiger partial charge in [0.2, 0.25) is 0 Å². The van der Waals surface area contributed by atoms with Gasteiger partial charge in [0.1, 0.15) is 5.70 Å². The van der Waals surface area contributed by atoms with Crippen molar-refractivity contribution in [1.82, 2.24) is 4.90 Å². The van der Waals surface area contributed by atoms with Crippen molar-refractivity contribution in [2.24, 2.45) is 0 Å². The molecule has 1 aliphatic heterocycles. The minimum atomic E-state index is -0.541. The highest BCUT2D eigenvalue weighted by Gasteiger charge is 2.30. The first-order valence-electron chi connectivity index (χ1n) is 8.00. The first-order valence-corrected chi connectivity index (χ1v) is 8.00. The van der Waals surface area contributed by atoms with Gasteiger partial charge < -0.3 is 15.2 Å². The summed E-state index contributed by atoms with van der Waals surface area (Å²) >= 11 is 0. The number of amides is 2. The smallest absolute Gasteiger partial charge is 0.277 e. The summed E-state index contributed by atoms with van der Waals surface area (Å²) in [6, 6.07) is 4.35. The van der Waals surface area contributed by atoms with Gasteiger partial charge in [-0.3, -0.25) is 14.5 Å². The van der Waals surface area contributed by atoms with E-state index in [9.17, 15) is 14.0 Å². The number of ether oxygens (including phenoxy) is 1. The lowest BCUT2D eigenvalue weighted by Crippen LogP contribution is -2.34. The largest absolute Gasteiger partial charge is 0.487 e. The number of nitrogens with one attached hydrogen (secondary N) is 1. The van der Waals surface area contributed by atoms with Crippen molar-refractivity contribution in [3.8, 4) is 5.75 Å². The molecule has 1 fully saturated rings.